The van der Waals surface area contributed by atoms with Gasteiger partial charge in [-0.25, -0.2) is 4.98 Å². The summed E-state index contributed by atoms with van der Waals surface area (Å²) in [5.74, 6) is 0. The maximum Gasteiger partial charge on any atom is 0.137 e. The second-order valence-corrected chi connectivity index (χ2v) is 5.02. The molecule has 2 aromatic heterocycles. The number of hydrogen-bond acceptors (Lipinski definition) is 1. The highest BCUT2D eigenvalue weighted by Gasteiger charge is 2.06. The number of aromatic nitrogens is 2. The SMILES string of the molecule is c1ccc(-c2ccn3c(-c4ccccc4)cnc3c2)cc1. The van der Waals surface area contributed by atoms with Crippen molar-refractivity contribution in [2.24, 2.45) is 0 Å². The fourth-order valence-electron chi connectivity index (χ4n) is 2.61. The van der Waals surface area contributed by atoms with Gasteiger partial charge in [-0.05, 0) is 23.3 Å². The van der Waals surface area contributed by atoms with Crippen molar-refractivity contribution in [3.8, 4) is 22.4 Å². The number of nitrogens with zero attached hydrogens (tertiary/aromatic N) is 2. The fraction of sp³-hybridized carbons (Fsp3) is 0. The first kappa shape index (κ1) is 11.9. The molecule has 2 aromatic carbocycles. The van der Waals surface area contributed by atoms with Gasteiger partial charge < -0.3 is 0 Å². The van der Waals surface area contributed by atoms with Gasteiger partial charge >= 0.3 is 0 Å². The lowest BCUT2D eigenvalue weighted by molar-refractivity contribution is 1.19. The molecule has 0 fully saturated rings. The van der Waals surface area contributed by atoms with Crippen LogP contribution < -0.4 is 0 Å². The van der Waals surface area contributed by atoms with Crippen LogP contribution in [0.15, 0.2) is 85.2 Å². The minimum absolute atomic E-state index is 0.968. The van der Waals surface area contributed by atoms with Gasteiger partial charge in [-0.1, -0.05) is 60.7 Å². The molecule has 2 heteroatoms. The Morgan fingerprint density at radius 3 is 2.05 bits per heavy atom. The summed E-state index contributed by atoms with van der Waals surface area (Å²) in [7, 11) is 0. The van der Waals surface area contributed by atoms with Crippen molar-refractivity contribution >= 4 is 5.65 Å². The Kier molecular flexibility index (Phi) is 2.79. The summed E-state index contributed by atoms with van der Waals surface area (Å²) >= 11 is 0. The van der Waals surface area contributed by atoms with E-state index in [0.29, 0.717) is 0 Å². The van der Waals surface area contributed by atoms with E-state index in [1.54, 1.807) is 0 Å². The van der Waals surface area contributed by atoms with E-state index >= 15 is 0 Å². The fourth-order valence-corrected chi connectivity index (χ4v) is 2.61. The molecule has 2 heterocycles. The summed E-state index contributed by atoms with van der Waals surface area (Å²) in [6.07, 6.45) is 4.02. The summed E-state index contributed by atoms with van der Waals surface area (Å²) < 4.78 is 2.13. The van der Waals surface area contributed by atoms with Gasteiger partial charge in [0.1, 0.15) is 5.65 Å². The van der Waals surface area contributed by atoms with Crippen molar-refractivity contribution in [1.82, 2.24) is 9.38 Å². The molecule has 100 valence electrons. The normalized spacial score (nSPS) is 10.9. The average Bonchev–Trinajstić information content (AvgIpc) is 2.99. The zero-order valence-corrected chi connectivity index (χ0v) is 11.5. The Labute approximate surface area is 123 Å². The number of fused-ring (bicyclic) bond motifs is 1. The first-order valence-electron chi connectivity index (χ1n) is 7.00. The second-order valence-electron chi connectivity index (χ2n) is 5.02. The molecule has 0 N–H and O–H groups in total. The van der Waals surface area contributed by atoms with Crippen molar-refractivity contribution in [2.45, 2.75) is 0 Å². The maximum atomic E-state index is 4.54. The van der Waals surface area contributed by atoms with E-state index in [2.05, 4.69) is 64.1 Å². The molecule has 0 radical (unpaired) electrons. The van der Waals surface area contributed by atoms with Crippen LogP contribution in [0, 0.1) is 0 Å². The highest BCUT2D eigenvalue weighted by atomic mass is 15.0. The Morgan fingerprint density at radius 1 is 0.667 bits per heavy atom. The molecular weight excluding hydrogens is 256 g/mol. The van der Waals surface area contributed by atoms with Crippen LogP contribution in [0.4, 0.5) is 0 Å². The van der Waals surface area contributed by atoms with E-state index in [0.717, 1.165) is 11.3 Å². The minimum Gasteiger partial charge on any atom is -0.300 e. The standard InChI is InChI=1S/C19H14N2/c1-3-7-15(8-4-1)17-11-12-21-18(14-20-19(21)13-17)16-9-5-2-6-10-16/h1-14H. The van der Waals surface area contributed by atoms with Crippen molar-refractivity contribution in [2.75, 3.05) is 0 Å². The van der Waals surface area contributed by atoms with Crippen molar-refractivity contribution in [3.63, 3.8) is 0 Å². The molecule has 0 unspecified atom stereocenters. The third-order valence-corrected chi connectivity index (χ3v) is 3.69. The zero-order valence-electron chi connectivity index (χ0n) is 11.5. The summed E-state index contributed by atoms with van der Waals surface area (Å²) in [5.41, 5.74) is 5.66. The third kappa shape index (κ3) is 2.11. The highest BCUT2D eigenvalue weighted by Crippen LogP contribution is 2.24. The summed E-state index contributed by atoms with van der Waals surface area (Å²) in [6, 6.07) is 25.0. The molecule has 0 bridgehead atoms. The first-order valence-corrected chi connectivity index (χ1v) is 7.00. The molecule has 0 amide bonds. The number of hydrogen-bond donors (Lipinski definition) is 0. The van der Waals surface area contributed by atoms with Crippen LogP contribution in [0.1, 0.15) is 0 Å². The van der Waals surface area contributed by atoms with Crippen molar-refractivity contribution in [1.29, 1.82) is 0 Å². The average molecular weight is 270 g/mol. The Balaban J connectivity index is 1.85. The van der Waals surface area contributed by atoms with E-state index < -0.39 is 0 Å². The predicted molar refractivity (Wildman–Crippen MR) is 86.1 cm³/mol. The van der Waals surface area contributed by atoms with E-state index in [4.69, 9.17) is 0 Å². The molecule has 4 aromatic rings. The van der Waals surface area contributed by atoms with Crippen LogP contribution >= 0.6 is 0 Å². The number of imidazole rings is 1. The largest absolute Gasteiger partial charge is 0.300 e. The Bertz CT molecular complexity index is 877. The number of rotatable bonds is 2. The minimum atomic E-state index is 0.968. The Morgan fingerprint density at radius 2 is 1.33 bits per heavy atom. The van der Waals surface area contributed by atoms with Crippen LogP contribution in [0.5, 0.6) is 0 Å². The summed E-state index contributed by atoms with van der Waals surface area (Å²) in [6.45, 7) is 0. The highest BCUT2D eigenvalue weighted by molar-refractivity contribution is 5.70. The number of pyridine rings is 1. The van der Waals surface area contributed by atoms with Gasteiger partial charge in [0, 0.05) is 11.8 Å². The molecule has 0 spiro atoms. The van der Waals surface area contributed by atoms with Gasteiger partial charge in [0.2, 0.25) is 0 Å². The van der Waals surface area contributed by atoms with Crippen LogP contribution in [-0.2, 0) is 0 Å². The van der Waals surface area contributed by atoms with E-state index in [1.807, 2.05) is 30.5 Å². The second kappa shape index (κ2) is 4.91. The molecule has 0 aliphatic heterocycles. The van der Waals surface area contributed by atoms with Gasteiger partial charge in [-0.2, -0.15) is 0 Å². The molecule has 0 atom stereocenters. The Hall–Kier alpha value is -2.87. The van der Waals surface area contributed by atoms with E-state index in [1.165, 1.54) is 16.7 Å². The molecule has 0 aliphatic carbocycles. The van der Waals surface area contributed by atoms with Crippen LogP contribution in [0.25, 0.3) is 28.0 Å². The van der Waals surface area contributed by atoms with Crippen molar-refractivity contribution < 1.29 is 0 Å². The smallest absolute Gasteiger partial charge is 0.137 e. The monoisotopic (exact) mass is 270 g/mol. The van der Waals surface area contributed by atoms with Crippen LogP contribution in [0.3, 0.4) is 0 Å². The van der Waals surface area contributed by atoms with E-state index in [9.17, 15) is 0 Å². The molecule has 2 nitrogen and oxygen atoms in total. The molecule has 0 saturated heterocycles. The summed E-state index contributed by atoms with van der Waals surface area (Å²) in [5, 5.41) is 0. The maximum absolute atomic E-state index is 4.54. The summed E-state index contributed by atoms with van der Waals surface area (Å²) in [4.78, 5) is 4.54. The first-order chi connectivity index (χ1) is 10.4. The number of benzene rings is 2. The zero-order chi connectivity index (χ0) is 14.1. The molecule has 0 saturated carbocycles. The quantitative estimate of drug-likeness (QED) is 0.517. The van der Waals surface area contributed by atoms with Gasteiger partial charge in [-0.15, -0.1) is 0 Å². The molecular formula is C19H14N2. The molecule has 0 aliphatic rings. The molecule has 4 rings (SSSR count). The van der Waals surface area contributed by atoms with Crippen LogP contribution in [0.2, 0.25) is 0 Å². The molecule has 21 heavy (non-hydrogen) atoms. The topological polar surface area (TPSA) is 17.3 Å². The van der Waals surface area contributed by atoms with Crippen molar-refractivity contribution in [3.05, 3.63) is 85.2 Å². The predicted octanol–water partition coefficient (Wildman–Crippen LogP) is 4.67. The van der Waals surface area contributed by atoms with Crippen LogP contribution in [-0.4, -0.2) is 9.38 Å². The lowest BCUT2D eigenvalue weighted by atomic mass is 10.1. The lowest BCUT2D eigenvalue weighted by Gasteiger charge is -2.05. The van der Waals surface area contributed by atoms with Gasteiger partial charge in [0.05, 0.1) is 11.9 Å². The third-order valence-electron chi connectivity index (χ3n) is 3.69. The lowest BCUT2D eigenvalue weighted by Crippen LogP contribution is -1.88. The van der Waals surface area contributed by atoms with E-state index in [-0.39, 0.29) is 0 Å². The van der Waals surface area contributed by atoms with Gasteiger partial charge in [0.25, 0.3) is 0 Å². The van der Waals surface area contributed by atoms with Gasteiger partial charge in [-0.3, -0.25) is 4.40 Å². The van der Waals surface area contributed by atoms with Gasteiger partial charge in [0.15, 0.2) is 0 Å².